The minimum atomic E-state index is -3.82. The number of carbonyl (C=O) groups is 2. The third kappa shape index (κ3) is 3.40. The molecular formula is C19H19N3O5S. The number of nitrogens with zero attached hydrogens (tertiary/aromatic N) is 1. The molecular weight excluding hydrogens is 382 g/mol. The van der Waals surface area contributed by atoms with Crippen molar-refractivity contribution in [1.82, 2.24) is 0 Å². The largest absolute Gasteiger partial charge is 0.479 e. The Labute approximate surface area is 162 Å². The molecule has 2 aliphatic heterocycles. The fourth-order valence-corrected chi connectivity index (χ4v) is 4.26. The summed E-state index contributed by atoms with van der Waals surface area (Å²) in [5.74, 6) is 0.232. The number of carbonyl (C=O) groups excluding carboxylic acids is 2. The summed E-state index contributed by atoms with van der Waals surface area (Å²) in [5, 5.41) is 2.68. The normalized spacial score (nSPS) is 19.0. The van der Waals surface area contributed by atoms with Crippen molar-refractivity contribution < 1.29 is 22.7 Å². The lowest BCUT2D eigenvalue weighted by Gasteiger charge is -2.23. The number of benzene rings is 2. The standard InChI is InChI=1S/C19H19N3O5S/c1-12-19(24)20-16-11-13(4-9-17(16)27-12)21-28(25,26)15-7-5-14(6-8-15)22-10-2-3-18(22)23/h4-9,11-12,21H,2-3,10H2,1H3,(H,20,24). The molecule has 28 heavy (non-hydrogen) atoms. The molecule has 0 bridgehead atoms. The van der Waals surface area contributed by atoms with Crippen molar-refractivity contribution in [3.8, 4) is 5.75 Å². The molecule has 4 rings (SSSR count). The van der Waals surface area contributed by atoms with Crippen molar-refractivity contribution >= 4 is 38.9 Å². The van der Waals surface area contributed by atoms with Crippen LogP contribution in [0.1, 0.15) is 19.8 Å². The minimum Gasteiger partial charge on any atom is -0.479 e. The van der Waals surface area contributed by atoms with Crippen molar-refractivity contribution in [2.75, 3.05) is 21.5 Å². The third-order valence-electron chi connectivity index (χ3n) is 4.69. The first kappa shape index (κ1) is 18.3. The van der Waals surface area contributed by atoms with Crippen molar-refractivity contribution in [2.45, 2.75) is 30.8 Å². The first-order valence-electron chi connectivity index (χ1n) is 8.88. The number of rotatable bonds is 4. The van der Waals surface area contributed by atoms with Crippen LogP contribution in [0, 0.1) is 0 Å². The Morgan fingerprint density at radius 2 is 1.89 bits per heavy atom. The number of fused-ring (bicyclic) bond motifs is 1. The second kappa shape index (κ2) is 6.83. The molecule has 0 aliphatic carbocycles. The Kier molecular flexibility index (Phi) is 4.46. The van der Waals surface area contributed by atoms with Crippen LogP contribution in [0.25, 0.3) is 0 Å². The highest BCUT2D eigenvalue weighted by Gasteiger charge is 2.25. The summed E-state index contributed by atoms with van der Waals surface area (Å²) in [6.07, 6.45) is 0.715. The van der Waals surface area contributed by atoms with Gasteiger partial charge in [-0.15, -0.1) is 0 Å². The topological polar surface area (TPSA) is 105 Å². The van der Waals surface area contributed by atoms with Gasteiger partial charge < -0.3 is 15.0 Å². The third-order valence-corrected chi connectivity index (χ3v) is 6.09. The summed E-state index contributed by atoms with van der Waals surface area (Å²) in [6.45, 7) is 2.28. The highest BCUT2D eigenvalue weighted by molar-refractivity contribution is 7.92. The van der Waals surface area contributed by atoms with Crippen molar-refractivity contribution in [3.05, 3.63) is 42.5 Å². The lowest BCUT2D eigenvalue weighted by Crippen LogP contribution is -2.34. The maximum atomic E-state index is 12.7. The van der Waals surface area contributed by atoms with E-state index in [4.69, 9.17) is 4.74 Å². The second-order valence-corrected chi connectivity index (χ2v) is 8.39. The molecule has 2 amide bonds. The Morgan fingerprint density at radius 1 is 1.14 bits per heavy atom. The average Bonchev–Trinajstić information content (AvgIpc) is 3.09. The zero-order chi connectivity index (χ0) is 19.9. The van der Waals surface area contributed by atoms with Gasteiger partial charge in [0.15, 0.2) is 6.10 Å². The molecule has 146 valence electrons. The van der Waals surface area contributed by atoms with Gasteiger partial charge in [-0.05, 0) is 55.8 Å². The van der Waals surface area contributed by atoms with Crippen LogP contribution in [0.4, 0.5) is 17.1 Å². The zero-order valence-corrected chi connectivity index (χ0v) is 16.0. The summed E-state index contributed by atoms with van der Waals surface area (Å²) in [7, 11) is -3.82. The molecule has 2 N–H and O–H groups in total. The van der Waals surface area contributed by atoms with Crippen LogP contribution < -0.4 is 19.7 Å². The number of amides is 2. The number of nitrogens with one attached hydrogen (secondary N) is 2. The van der Waals surface area contributed by atoms with Crippen LogP contribution in [0.3, 0.4) is 0 Å². The summed E-state index contributed by atoms with van der Waals surface area (Å²) >= 11 is 0. The van der Waals surface area contributed by atoms with Crippen LogP contribution >= 0.6 is 0 Å². The maximum Gasteiger partial charge on any atom is 0.265 e. The van der Waals surface area contributed by atoms with Gasteiger partial charge >= 0.3 is 0 Å². The number of sulfonamides is 1. The number of hydrogen-bond acceptors (Lipinski definition) is 5. The number of ether oxygens (including phenoxy) is 1. The molecule has 0 radical (unpaired) electrons. The number of anilines is 3. The Bertz CT molecular complexity index is 1050. The van der Waals surface area contributed by atoms with Gasteiger partial charge in [0, 0.05) is 18.7 Å². The smallest absolute Gasteiger partial charge is 0.265 e. The lowest BCUT2D eigenvalue weighted by molar-refractivity contribution is -0.122. The zero-order valence-electron chi connectivity index (χ0n) is 15.1. The first-order valence-corrected chi connectivity index (χ1v) is 10.4. The van der Waals surface area contributed by atoms with Crippen LogP contribution in [0.15, 0.2) is 47.4 Å². The summed E-state index contributed by atoms with van der Waals surface area (Å²) in [4.78, 5) is 25.3. The van der Waals surface area contributed by atoms with E-state index in [1.165, 1.54) is 18.2 Å². The molecule has 9 heteroatoms. The molecule has 2 heterocycles. The molecule has 2 aliphatic rings. The lowest BCUT2D eigenvalue weighted by atomic mass is 10.2. The van der Waals surface area contributed by atoms with Gasteiger partial charge in [0.2, 0.25) is 5.91 Å². The average molecular weight is 401 g/mol. The van der Waals surface area contributed by atoms with Crippen molar-refractivity contribution in [1.29, 1.82) is 0 Å². The molecule has 0 saturated carbocycles. The van der Waals surface area contributed by atoms with E-state index >= 15 is 0 Å². The molecule has 1 unspecified atom stereocenters. The number of hydrogen-bond donors (Lipinski definition) is 2. The van der Waals surface area contributed by atoms with E-state index in [9.17, 15) is 18.0 Å². The molecule has 0 spiro atoms. The first-order chi connectivity index (χ1) is 13.3. The van der Waals surface area contributed by atoms with Gasteiger partial charge in [-0.2, -0.15) is 0 Å². The van der Waals surface area contributed by atoms with Crippen LogP contribution in [-0.4, -0.2) is 32.9 Å². The predicted molar refractivity (Wildman–Crippen MR) is 104 cm³/mol. The monoisotopic (exact) mass is 401 g/mol. The fourth-order valence-electron chi connectivity index (χ4n) is 3.21. The molecule has 1 atom stereocenters. The van der Waals surface area contributed by atoms with Gasteiger partial charge in [0.25, 0.3) is 15.9 Å². The van der Waals surface area contributed by atoms with E-state index in [1.54, 1.807) is 36.1 Å². The quantitative estimate of drug-likeness (QED) is 0.818. The van der Waals surface area contributed by atoms with E-state index in [0.29, 0.717) is 35.8 Å². The highest BCUT2D eigenvalue weighted by Crippen LogP contribution is 2.33. The maximum absolute atomic E-state index is 12.7. The predicted octanol–water partition coefficient (Wildman–Crippen LogP) is 2.33. The Balaban J connectivity index is 1.54. The van der Waals surface area contributed by atoms with Crippen molar-refractivity contribution in [2.24, 2.45) is 0 Å². The SMILES string of the molecule is CC1Oc2ccc(NS(=O)(=O)c3ccc(N4CCCC4=O)cc3)cc2NC1=O. The van der Waals surface area contributed by atoms with E-state index in [0.717, 1.165) is 6.42 Å². The van der Waals surface area contributed by atoms with Crippen LogP contribution in [0.2, 0.25) is 0 Å². The second-order valence-electron chi connectivity index (χ2n) is 6.71. The summed E-state index contributed by atoms with van der Waals surface area (Å²) in [5.41, 5.74) is 1.39. The summed E-state index contributed by atoms with van der Waals surface area (Å²) in [6, 6.07) is 10.9. The Morgan fingerprint density at radius 3 is 2.57 bits per heavy atom. The molecule has 1 saturated heterocycles. The van der Waals surface area contributed by atoms with E-state index in [-0.39, 0.29) is 16.7 Å². The molecule has 1 fully saturated rings. The van der Waals surface area contributed by atoms with Gasteiger partial charge in [-0.1, -0.05) is 0 Å². The van der Waals surface area contributed by atoms with Crippen LogP contribution in [0.5, 0.6) is 5.75 Å². The van der Waals surface area contributed by atoms with Gasteiger partial charge in [-0.25, -0.2) is 8.42 Å². The van der Waals surface area contributed by atoms with E-state index in [2.05, 4.69) is 10.0 Å². The fraction of sp³-hybridized carbons (Fsp3) is 0.263. The highest BCUT2D eigenvalue weighted by atomic mass is 32.2. The molecule has 2 aromatic carbocycles. The van der Waals surface area contributed by atoms with Gasteiger partial charge in [0.05, 0.1) is 16.3 Å². The van der Waals surface area contributed by atoms with Crippen molar-refractivity contribution in [3.63, 3.8) is 0 Å². The van der Waals surface area contributed by atoms with E-state index < -0.39 is 16.1 Å². The molecule has 0 aromatic heterocycles. The summed E-state index contributed by atoms with van der Waals surface area (Å²) < 4.78 is 33.3. The van der Waals surface area contributed by atoms with Gasteiger partial charge in [-0.3, -0.25) is 14.3 Å². The molecule has 2 aromatic rings. The minimum absolute atomic E-state index is 0.0429. The molecule has 8 nitrogen and oxygen atoms in total. The van der Waals surface area contributed by atoms with E-state index in [1.807, 2.05) is 0 Å². The van der Waals surface area contributed by atoms with Gasteiger partial charge in [0.1, 0.15) is 5.75 Å². The Hall–Kier alpha value is -3.07. The van der Waals surface area contributed by atoms with Crippen LogP contribution in [-0.2, 0) is 19.6 Å².